The van der Waals surface area contributed by atoms with Crippen molar-refractivity contribution in [2.45, 2.75) is 117 Å². The molecular formula is C25H43N. The molecule has 0 spiro atoms. The van der Waals surface area contributed by atoms with E-state index in [0.29, 0.717) is 0 Å². The third-order valence-corrected chi connectivity index (χ3v) is 8.80. The van der Waals surface area contributed by atoms with Crippen LogP contribution >= 0.6 is 0 Å². The third kappa shape index (κ3) is 4.85. The molecule has 1 heteroatoms. The molecule has 0 aromatic rings. The van der Waals surface area contributed by atoms with Crippen LogP contribution in [0.4, 0.5) is 0 Å². The lowest BCUT2D eigenvalue weighted by Gasteiger charge is -2.43. The number of hydrogen-bond acceptors (Lipinski definition) is 1. The third-order valence-electron chi connectivity index (χ3n) is 8.80. The second-order valence-electron chi connectivity index (χ2n) is 10.2. The minimum atomic E-state index is 0.0244. The second kappa shape index (κ2) is 9.61. The van der Waals surface area contributed by atoms with Crippen molar-refractivity contribution in [3.63, 3.8) is 0 Å². The van der Waals surface area contributed by atoms with E-state index in [1.807, 2.05) is 0 Å². The van der Waals surface area contributed by atoms with Crippen molar-refractivity contribution >= 4 is 0 Å². The van der Waals surface area contributed by atoms with Gasteiger partial charge in [-0.2, -0.15) is 5.26 Å². The molecule has 26 heavy (non-hydrogen) atoms. The lowest BCUT2D eigenvalue weighted by Crippen LogP contribution is -2.33. The fourth-order valence-corrected chi connectivity index (χ4v) is 6.84. The van der Waals surface area contributed by atoms with E-state index in [9.17, 15) is 5.26 Å². The van der Waals surface area contributed by atoms with Crippen LogP contribution in [0.25, 0.3) is 0 Å². The average Bonchev–Trinajstić information content (AvgIpc) is 2.73. The summed E-state index contributed by atoms with van der Waals surface area (Å²) in [5, 5.41) is 9.70. The van der Waals surface area contributed by atoms with Gasteiger partial charge >= 0.3 is 0 Å². The minimum Gasteiger partial charge on any atom is -0.198 e. The molecule has 0 aromatic carbocycles. The maximum absolute atomic E-state index is 9.70. The maximum atomic E-state index is 9.70. The summed E-state index contributed by atoms with van der Waals surface area (Å²) in [7, 11) is 0. The first-order valence-electron chi connectivity index (χ1n) is 12.1. The van der Waals surface area contributed by atoms with E-state index in [2.05, 4.69) is 19.9 Å². The van der Waals surface area contributed by atoms with Gasteiger partial charge in [0.1, 0.15) is 0 Å². The number of unbranched alkanes of at least 4 members (excludes halogenated alkanes) is 1. The quantitative estimate of drug-likeness (QED) is 0.474. The van der Waals surface area contributed by atoms with Crippen LogP contribution in [0.5, 0.6) is 0 Å². The van der Waals surface area contributed by atoms with Crippen LogP contribution in [-0.4, -0.2) is 0 Å². The highest BCUT2D eigenvalue weighted by Gasteiger charge is 2.40. The monoisotopic (exact) mass is 357 g/mol. The van der Waals surface area contributed by atoms with Crippen LogP contribution in [0, 0.1) is 46.3 Å². The average molecular weight is 358 g/mol. The first-order valence-corrected chi connectivity index (χ1v) is 12.1. The van der Waals surface area contributed by atoms with E-state index in [-0.39, 0.29) is 5.41 Å². The molecule has 3 aliphatic rings. The van der Waals surface area contributed by atoms with Crippen molar-refractivity contribution in [3.8, 4) is 6.07 Å². The maximum Gasteiger partial charge on any atom is 0.0689 e. The van der Waals surface area contributed by atoms with Gasteiger partial charge in [-0.25, -0.2) is 0 Å². The molecule has 0 saturated heterocycles. The summed E-state index contributed by atoms with van der Waals surface area (Å²) in [6.45, 7) is 4.57. The summed E-state index contributed by atoms with van der Waals surface area (Å²) in [5.41, 5.74) is 0.0244. The Bertz CT molecular complexity index is 447. The Balaban J connectivity index is 1.43. The van der Waals surface area contributed by atoms with Gasteiger partial charge in [-0.05, 0) is 87.4 Å². The number of hydrogen-bond donors (Lipinski definition) is 0. The SMILES string of the molecule is CCCCC1CCC(C2CCC(C3CCCC(C#N)(CC)C3)CC2)CC1. The van der Waals surface area contributed by atoms with Gasteiger partial charge < -0.3 is 0 Å². The molecule has 3 fully saturated rings. The highest BCUT2D eigenvalue weighted by molar-refractivity contribution is 5.02. The number of nitriles is 1. The summed E-state index contributed by atoms with van der Waals surface area (Å²) >= 11 is 0. The van der Waals surface area contributed by atoms with Gasteiger partial charge in [0.15, 0.2) is 0 Å². The second-order valence-corrected chi connectivity index (χ2v) is 10.2. The standard InChI is InChI=1S/C25H43N/c1-3-5-7-20-9-11-21(12-10-20)22-13-15-23(16-14-22)24-8-6-17-25(4-2,18-24)19-26/h20-24H,3-18H2,1-2H3. The number of nitrogens with zero attached hydrogens (tertiary/aromatic N) is 1. The summed E-state index contributed by atoms with van der Waals surface area (Å²) in [6.07, 6.45) is 22.5. The Labute approximate surface area is 163 Å². The molecule has 3 saturated carbocycles. The Morgan fingerprint density at radius 3 is 1.92 bits per heavy atom. The predicted molar refractivity (Wildman–Crippen MR) is 111 cm³/mol. The zero-order valence-corrected chi connectivity index (χ0v) is 17.6. The van der Waals surface area contributed by atoms with Crippen molar-refractivity contribution in [3.05, 3.63) is 0 Å². The Hall–Kier alpha value is -0.510. The molecule has 0 aliphatic heterocycles. The zero-order chi connectivity index (χ0) is 18.4. The van der Waals surface area contributed by atoms with Crippen LogP contribution in [0.15, 0.2) is 0 Å². The van der Waals surface area contributed by atoms with E-state index in [1.165, 1.54) is 89.9 Å². The topological polar surface area (TPSA) is 23.8 Å². The van der Waals surface area contributed by atoms with E-state index < -0.39 is 0 Å². The van der Waals surface area contributed by atoms with E-state index in [0.717, 1.165) is 42.4 Å². The van der Waals surface area contributed by atoms with Crippen molar-refractivity contribution in [1.29, 1.82) is 5.26 Å². The van der Waals surface area contributed by atoms with Crippen molar-refractivity contribution in [2.75, 3.05) is 0 Å². The Kier molecular flexibility index (Phi) is 7.48. The van der Waals surface area contributed by atoms with Gasteiger partial charge in [-0.1, -0.05) is 58.8 Å². The fourth-order valence-electron chi connectivity index (χ4n) is 6.84. The van der Waals surface area contributed by atoms with E-state index in [1.54, 1.807) is 0 Å². The fraction of sp³-hybridized carbons (Fsp3) is 0.960. The molecule has 0 aromatic heterocycles. The smallest absolute Gasteiger partial charge is 0.0689 e. The molecule has 0 N–H and O–H groups in total. The van der Waals surface area contributed by atoms with Gasteiger partial charge in [0, 0.05) is 0 Å². The van der Waals surface area contributed by atoms with Crippen LogP contribution in [0.2, 0.25) is 0 Å². The number of rotatable bonds is 6. The normalized spacial score (nSPS) is 41.5. The summed E-state index contributed by atoms with van der Waals surface area (Å²) in [5.74, 6) is 4.93. The largest absolute Gasteiger partial charge is 0.198 e. The lowest BCUT2D eigenvalue weighted by atomic mass is 9.61. The van der Waals surface area contributed by atoms with Crippen LogP contribution < -0.4 is 0 Å². The first-order chi connectivity index (χ1) is 12.7. The van der Waals surface area contributed by atoms with Crippen molar-refractivity contribution in [1.82, 2.24) is 0 Å². The van der Waals surface area contributed by atoms with Crippen LogP contribution in [0.3, 0.4) is 0 Å². The molecule has 0 bridgehead atoms. The molecule has 3 rings (SSSR count). The summed E-state index contributed by atoms with van der Waals surface area (Å²) < 4.78 is 0. The molecular weight excluding hydrogens is 314 g/mol. The zero-order valence-electron chi connectivity index (χ0n) is 17.6. The van der Waals surface area contributed by atoms with Gasteiger partial charge in [-0.3, -0.25) is 0 Å². The Morgan fingerprint density at radius 1 is 0.808 bits per heavy atom. The Morgan fingerprint density at radius 2 is 1.38 bits per heavy atom. The van der Waals surface area contributed by atoms with Gasteiger partial charge in [0.05, 0.1) is 11.5 Å². The molecule has 0 heterocycles. The molecule has 2 atom stereocenters. The molecule has 148 valence electrons. The van der Waals surface area contributed by atoms with Crippen LogP contribution in [-0.2, 0) is 0 Å². The highest BCUT2D eigenvalue weighted by Crippen LogP contribution is 2.49. The molecule has 0 radical (unpaired) electrons. The van der Waals surface area contributed by atoms with E-state index in [4.69, 9.17) is 0 Å². The summed E-state index contributed by atoms with van der Waals surface area (Å²) in [6, 6.07) is 2.72. The minimum absolute atomic E-state index is 0.0244. The van der Waals surface area contributed by atoms with E-state index >= 15 is 0 Å². The van der Waals surface area contributed by atoms with Gasteiger partial charge in [-0.15, -0.1) is 0 Å². The molecule has 1 nitrogen and oxygen atoms in total. The van der Waals surface area contributed by atoms with Crippen molar-refractivity contribution < 1.29 is 0 Å². The van der Waals surface area contributed by atoms with Crippen molar-refractivity contribution in [2.24, 2.45) is 35.0 Å². The molecule has 3 aliphatic carbocycles. The predicted octanol–water partition coefficient (Wildman–Crippen LogP) is 7.90. The molecule has 0 amide bonds. The first kappa shape index (κ1) is 20.2. The van der Waals surface area contributed by atoms with Gasteiger partial charge in [0.25, 0.3) is 0 Å². The van der Waals surface area contributed by atoms with Crippen LogP contribution in [0.1, 0.15) is 117 Å². The summed E-state index contributed by atoms with van der Waals surface area (Å²) in [4.78, 5) is 0. The molecule has 2 unspecified atom stereocenters. The van der Waals surface area contributed by atoms with Gasteiger partial charge in [0.2, 0.25) is 0 Å². The lowest BCUT2D eigenvalue weighted by molar-refractivity contribution is 0.0838. The highest BCUT2D eigenvalue weighted by atomic mass is 14.5.